The van der Waals surface area contributed by atoms with E-state index in [9.17, 15) is 9.59 Å². The molecule has 0 aromatic rings. The highest BCUT2D eigenvalue weighted by atomic mass is 16.2. The molecular formula is C8H14N2O2. The number of rotatable bonds is 2. The molecule has 0 saturated carbocycles. The Hall–Kier alpha value is -1.06. The zero-order chi connectivity index (χ0) is 9.14. The van der Waals surface area contributed by atoms with Crippen molar-refractivity contribution in [2.45, 2.75) is 26.7 Å². The van der Waals surface area contributed by atoms with Crippen LogP contribution in [0.5, 0.6) is 0 Å². The molecule has 0 aromatic heterocycles. The molecule has 4 nitrogen and oxygen atoms in total. The SMILES string of the molecule is CC(C)C(=O)NN1CCCC1=O. The number of hydrogen-bond donors (Lipinski definition) is 1. The van der Waals surface area contributed by atoms with Crippen LogP contribution in [0.2, 0.25) is 0 Å². The first kappa shape index (κ1) is 9.03. The first-order valence-corrected chi connectivity index (χ1v) is 4.22. The first-order valence-electron chi connectivity index (χ1n) is 4.22. The van der Waals surface area contributed by atoms with Crippen LogP contribution in [0, 0.1) is 5.92 Å². The Bertz CT molecular complexity index is 201. The van der Waals surface area contributed by atoms with Crippen LogP contribution >= 0.6 is 0 Å². The summed E-state index contributed by atoms with van der Waals surface area (Å²) in [6.07, 6.45) is 1.40. The third-order valence-electron chi connectivity index (χ3n) is 1.84. The van der Waals surface area contributed by atoms with Crippen LogP contribution in [0.1, 0.15) is 26.7 Å². The zero-order valence-corrected chi connectivity index (χ0v) is 7.46. The second kappa shape index (κ2) is 3.56. The van der Waals surface area contributed by atoms with Gasteiger partial charge in [-0.2, -0.15) is 0 Å². The third kappa shape index (κ3) is 1.96. The van der Waals surface area contributed by atoms with Crippen LogP contribution in [0.3, 0.4) is 0 Å². The molecule has 1 aliphatic heterocycles. The average molecular weight is 170 g/mol. The van der Waals surface area contributed by atoms with E-state index in [1.165, 1.54) is 5.01 Å². The molecule has 2 amide bonds. The molecule has 1 aliphatic rings. The Balaban J connectivity index is 2.40. The second-order valence-electron chi connectivity index (χ2n) is 3.28. The van der Waals surface area contributed by atoms with E-state index in [-0.39, 0.29) is 17.7 Å². The fraction of sp³-hybridized carbons (Fsp3) is 0.750. The summed E-state index contributed by atoms with van der Waals surface area (Å²) in [5, 5.41) is 1.41. The van der Waals surface area contributed by atoms with Crippen LogP contribution in [0.15, 0.2) is 0 Å². The van der Waals surface area contributed by atoms with Gasteiger partial charge >= 0.3 is 0 Å². The minimum Gasteiger partial charge on any atom is -0.273 e. The Kier molecular flexibility index (Phi) is 2.68. The average Bonchev–Trinajstić information content (AvgIpc) is 2.36. The van der Waals surface area contributed by atoms with Crippen molar-refractivity contribution in [2.75, 3.05) is 6.54 Å². The normalized spacial score (nSPS) is 17.2. The van der Waals surface area contributed by atoms with Gasteiger partial charge in [-0.15, -0.1) is 0 Å². The molecule has 4 heteroatoms. The highest BCUT2D eigenvalue weighted by molar-refractivity contribution is 5.84. The molecule has 1 N–H and O–H groups in total. The summed E-state index contributed by atoms with van der Waals surface area (Å²) in [4.78, 5) is 22.2. The van der Waals surface area contributed by atoms with Gasteiger partial charge in [0.25, 0.3) is 0 Å². The van der Waals surface area contributed by atoms with E-state index in [1.54, 1.807) is 13.8 Å². The Morgan fingerprint density at radius 2 is 2.25 bits per heavy atom. The molecule has 0 bridgehead atoms. The van der Waals surface area contributed by atoms with Crippen molar-refractivity contribution in [3.8, 4) is 0 Å². The second-order valence-corrected chi connectivity index (χ2v) is 3.28. The van der Waals surface area contributed by atoms with E-state index < -0.39 is 0 Å². The van der Waals surface area contributed by atoms with E-state index >= 15 is 0 Å². The van der Waals surface area contributed by atoms with E-state index in [0.29, 0.717) is 13.0 Å². The number of nitrogens with one attached hydrogen (secondary N) is 1. The van der Waals surface area contributed by atoms with Crippen molar-refractivity contribution in [3.63, 3.8) is 0 Å². The highest BCUT2D eigenvalue weighted by Crippen LogP contribution is 2.06. The molecule has 0 atom stereocenters. The van der Waals surface area contributed by atoms with E-state index in [0.717, 1.165) is 6.42 Å². The molecule has 12 heavy (non-hydrogen) atoms. The number of carbonyl (C=O) groups excluding carboxylic acids is 2. The number of hydrogen-bond acceptors (Lipinski definition) is 2. The largest absolute Gasteiger partial charge is 0.273 e. The fourth-order valence-corrected chi connectivity index (χ4v) is 1.03. The van der Waals surface area contributed by atoms with Crippen LogP contribution in [0.25, 0.3) is 0 Å². The van der Waals surface area contributed by atoms with Gasteiger partial charge in [0.15, 0.2) is 0 Å². The highest BCUT2D eigenvalue weighted by Gasteiger charge is 2.22. The van der Waals surface area contributed by atoms with Crippen molar-refractivity contribution in [1.82, 2.24) is 10.4 Å². The predicted octanol–water partition coefficient (Wildman–Crippen LogP) is 0.296. The van der Waals surface area contributed by atoms with Crippen LogP contribution < -0.4 is 5.43 Å². The van der Waals surface area contributed by atoms with Crippen molar-refractivity contribution in [2.24, 2.45) is 5.92 Å². The standard InChI is InChI=1S/C8H14N2O2/c1-6(2)8(12)9-10-5-3-4-7(10)11/h6H,3-5H2,1-2H3,(H,9,12). The van der Waals surface area contributed by atoms with Gasteiger partial charge in [-0.1, -0.05) is 13.8 Å². The van der Waals surface area contributed by atoms with Crippen LogP contribution in [0.4, 0.5) is 0 Å². The van der Waals surface area contributed by atoms with Gasteiger partial charge in [-0.25, -0.2) is 0 Å². The Morgan fingerprint density at radius 1 is 1.58 bits per heavy atom. The summed E-state index contributed by atoms with van der Waals surface area (Å²) in [6.45, 7) is 4.25. The lowest BCUT2D eigenvalue weighted by Crippen LogP contribution is -2.44. The number of nitrogens with zero attached hydrogens (tertiary/aromatic N) is 1. The number of carbonyl (C=O) groups is 2. The molecule has 1 rings (SSSR count). The molecule has 1 saturated heterocycles. The molecule has 0 aromatic carbocycles. The molecule has 1 heterocycles. The Morgan fingerprint density at radius 3 is 2.67 bits per heavy atom. The third-order valence-corrected chi connectivity index (χ3v) is 1.84. The summed E-state index contributed by atoms with van der Waals surface area (Å²) in [6, 6.07) is 0. The molecule has 1 fully saturated rings. The van der Waals surface area contributed by atoms with E-state index in [1.807, 2.05) is 0 Å². The molecule has 68 valence electrons. The summed E-state index contributed by atoms with van der Waals surface area (Å²) < 4.78 is 0. The summed E-state index contributed by atoms with van der Waals surface area (Å²) in [5.74, 6) is -0.146. The molecule has 0 aliphatic carbocycles. The molecule has 0 spiro atoms. The van der Waals surface area contributed by atoms with E-state index in [2.05, 4.69) is 5.43 Å². The first-order chi connectivity index (χ1) is 5.61. The van der Waals surface area contributed by atoms with Crippen molar-refractivity contribution >= 4 is 11.8 Å². The lowest BCUT2D eigenvalue weighted by Gasteiger charge is -2.17. The predicted molar refractivity (Wildman–Crippen MR) is 43.9 cm³/mol. The lowest BCUT2D eigenvalue weighted by molar-refractivity contribution is -0.139. The minimum absolute atomic E-state index is 0.0176. The van der Waals surface area contributed by atoms with Gasteiger partial charge in [-0.05, 0) is 6.42 Å². The van der Waals surface area contributed by atoms with Gasteiger partial charge < -0.3 is 0 Å². The van der Waals surface area contributed by atoms with Crippen molar-refractivity contribution < 1.29 is 9.59 Å². The topological polar surface area (TPSA) is 49.4 Å². The maximum Gasteiger partial charge on any atom is 0.241 e. The van der Waals surface area contributed by atoms with E-state index in [4.69, 9.17) is 0 Å². The smallest absolute Gasteiger partial charge is 0.241 e. The van der Waals surface area contributed by atoms with Gasteiger partial charge in [0.1, 0.15) is 0 Å². The van der Waals surface area contributed by atoms with Gasteiger partial charge in [0, 0.05) is 18.9 Å². The summed E-state index contributed by atoms with van der Waals surface area (Å²) in [7, 11) is 0. The lowest BCUT2D eigenvalue weighted by atomic mass is 10.2. The van der Waals surface area contributed by atoms with Crippen LogP contribution in [-0.2, 0) is 9.59 Å². The summed E-state index contributed by atoms with van der Waals surface area (Å²) in [5.41, 5.74) is 2.57. The fourth-order valence-electron chi connectivity index (χ4n) is 1.03. The van der Waals surface area contributed by atoms with Crippen LogP contribution in [-0.4, -0.2) is 23.4 Å². The quantitative estimate of drug-likeness (QED) is 0.647. The van der Waals surface area contributed by atoms with Crippen molar-refractivity contribution in [3.05, 3.63) is 0 Å². The van der Waals surface area contributed by atoms with Crippen molar-refractivity contribution in [1.29, 1.82) is 0 Å². The zero-order valence-electron chi connectivity index (χ0n) is 7.46. The molecule has 0 unspecified atom stereocenters. The number of amides is 2. The summed E-state index contributed by atoms with van der Waals surface area (Å²) >= 11 is 0. The minimum atomic E-state index is -0.0924. The maximum absolute atomic E-state index is 11.1. The molecular weight excluding hydrogens is 156 g/mol. The number of hydrazine groups is 1. The van der Waals surface area contributed by atoms with Gasteiger partial charge in [-0.3, -0.25) is 20.0 Å². The van der Waals surface area contributed by atoms with Gasteiger partial charge in [0.2, 0.25) is 11.8 Å². The Labute approximate surface area is 71.9 Å². The van der Waals surface area contributed by atoms with Gasteiger partial charge in [0.05, 0.1) is 0 Å². The molecule has 0 radical (unpaired) electrons. The maximum atomic E-state index is 11.1. The monoisotopic (exact) mass is 170 g/mol.